The van der Waals surface area contributed by atoms with E-state index in [2.05, 4.69) is 31.2 Å². The number of nitrogens with zero attached hydrogens (tertiary/aromatic N) is 2. The lowest BCUT2D eigenvalue weighted by Crippen LogP contribution is -1.96. The van der Waals surface area contributed by atoms with Gasteiger partial charge in [0.1, 0.15) is 5.52 Å². The molecule has 0 bridgehead atoms. The number of fused-ring (bicyclic) bond motifs is 1. The van der Waals surface area contributed by atoms with Gasteiger partial charge in [-0.15, -0.1) is 11.3 Å². The van der Waals surface area contributed by atoms with Crippen LogP contribution in [0.25, 0.3) is 22.6 Å². The van der Waals surface area contributed by atoms with Crippen molar-refractivity contribution in [3.63, 3.8) is 0 Å². The summed E-state index contributed by atoms with van der Waals surface area (Å²) in [6.45, 7) is 0.671. The van der Waals surface area contributed by atoms with Gasteiger partial charge >= 0.3 is 0 Å². The predicted molar refractivity (Wildman–Crippen MR) is 102 cm³/mol. The van der Waals surface area contributed by atoms with Gasteiger partial charge in [-0.05, 0) is 46.3 Å². The van der Waals surface area contributed by atoms with Crippen LogP contribution in [0.2, 0.25) is 4.47 Å². The number of hydrogen-bond acceptors (Lipinski definition) is 5. The number of thiazole rings is 1. The number of rotatable bonds is 4. The van der Waals surface area contributed by atoms with E-state index < -0.39 is 0 Å². The molecule has 0 unspecified atom stereocenters. The molecule has 0 saturated carbocycles. The first kappa shape index (κ1) is 15.6. The van der Waals surface area contributed by atoms with Crippen LogP contribution in [0.1, 0.15) is 4.88 Å². The zero-order valence-electron chi connectivity index (χ0n) is 12.3. The first-order valence-corrected chi connectivity index (χ1v) is 9.17. The second-order valence-electron chi connectivity index (χ2n) is 5.11. The van der Waals surface area contributed by atoms with E-state index in [0.29, 0.717) is 16.9 Å². The van der Waals surface area contributed by atoms with E-state index in [1.807, 2.05) is 42.5 Å². The fourth-order valence-corrected chi connectivity index (χ4v) is 3.71. The van der Waals surface area contributed by atoms with Gasteiger partial charge in [-0.25, -0.2) is 9.97 Å². The SMILES string of the molecule is Clc1ncc(CNc2ccc3oc(-c4ccccc4Br)nc3c2)s1. The third-order valence-corrected chi connectivity index (χ3v) is 5.29. The highest BCUT2D eigenvalue weighted by molar-refractivity contribution is 9.10. The van der Waals surface area contributed by atoms with E-state index in [1.165, 1.54) is 11.3 Å². The molecule has 0 atom stereocenters. The third kappa shape index (κ3) is 3.17. The van der Waals surface area contributed by atoms with Crippen LogP contribution in [-0.4, -0.2) is 9.97 Å². The molecule has 1 N–H and O–H groups in total. The van der Waals surface area contributed by atoms with Crippen LogP contribution < -0.4 is 5.32 Å². The summed E-state index contributed by atoms with van der Waals surface area (Å²) in [6, 6.07) is 13.7. The second kappa shape index (κ2) is 6.55. The lowest BCUT2D eigenvalue weighted by molar-refractivity contribution is 0.619. The monoisotopic (exact) mass is 419 g/mol. The summed E-state index contributed by atoms with van der Waals surface area (Å²) in [5, 5.41) is 3.35. The van der Waals surface area contributed by atoms with Crippen molar-refractivity contribution < 1.29 is 4.42 Å². The highest BCUT2D eigenvalue weighted by Gasteiger charge is 2.11. The molecule has 24 heavy (non-hydrogen) atoms. The van der Waals surface area contributed by atoms with Gasteiger partial charge in [0.05, 0.1) is 12.1 Å². The van der Waals surface area contributed by atoms with Gasteiger partial charge in [-0.1, -0.05) is 23.7 Å². The zero-order valence-corrected chi connectivity index (χ0v) is 15.5. The van der Waals surface area contributed by atoms with Crippen molar-refractivity contribution in [3.05, 3.63) is 62.5 Å². The van der Waals surface area contributed by atoms with Gasteiger partial charge in [0, 0.05) is 21.2 Å². The molecule has 4 rings (SSSR count). The minimum Gasteiger partial charge on any atom is -0.436 e. The summed E-state index contributed by atoms with van der Waals surface area (Å²) in [5.74, 6) is 0.601. The fraction of sp³-hybridized carbons (Fsp3) is 0.0588. The molecule has 0 saturated heterocycles. The number of anilines is 1. The van der Waals surface area contributed by atoms with Crippen LogP contribution in [-0.2, 0) is 6.54 Å². The molecule has 0 amide bonds. The minimum absolute atomic E-state index is 0.553. The topological polar surface area (TPSA) is 51.0 Å². The Kier molecular flexibility index (Phi) is 4.26. The Morgan fingerprint density at radius 3 is 2.88 bits per heavy atom. The quantitative estimate of drug-likeness (QED) is 0.441. The maximum absolute atomic E-state index is 5.86. The summed E-state index contributed by atoms with van der Waals surface area (Å²) in [7, 11) is 0. The predicted octanol–water partition coefficient (Wildman–Crippen LogP) is 5.98. The number of benzene rings is 2. The number of oxazole rings is 1. The lowest BCUT2D eigenvalue weighted by atomic mass is 10.2. The average Bonchev–Trinajstić information content (AvgIpc) is 3.18. The summed E-state index contributed by atoms with van der Waals surface area (Å²) in [6.07, 6.45) is 1.78. The van der Waals surface area contributed by atoms with Crippen molar-refractivity contribution in [3.8, 4) is 11.5 Å². The molecule has 0 aliphatic rings. The van der Waals surface area contributed by atoms with Crippen molar-refractivity contribution in [2.75, 3.05) is 5.32 Å². The first-order valence-electron chi connectivity index (χ1n) is 7.18. The Morgan fingerprint density at radius 1 is 1.21 bits per heavy atom. The van der Waals surface area contributed by atoms with Crippen LogP contribution in [0.3, 0.4) is 0 Å². The molecular weight excluding hydrogens is 410 g/mol. The van der Waals surface area contributed by atoms with Crippen molar-refractivity contribution in [2.45, 2.75) is 6.54 Å². The normalized spacial score (nSPS) is 11.1. The fourth-order valence-electron chi connectivity index (χ4n) is 2.34. The molecule has 2 aromatic carbocycles. The van der Waals surface area contributed by atoms with E-state index in [1.54, 1.807) is 6.20 Å². The summed E-state index contributed by atoms with van der Waals surface area (Å²) in [5.41, 5.74) is 3.47. The van der Waals surface area contributed by atoms with Gasteiger partial charge in [0.25, 0.3) is 0 Å². The van der Waals surface area contributed by atoms with E-state index in [4.69, 9.17) is 16.0 Å². The smallest absolute Gasteiger partial charge is 0.228 e. The minimum atomic E-state index is 0.553. The molecular formula is C17H11BrClN3OS. The summed E-state index contributed by atoms with van der Waals surface area (Å²) in [4.78, 5) is 9.71. The molecule has 2 heterocycles. The molecule has 4 aromatic rings. The van der Waals surface area contributed by atoms with Gasteiger partial charge in [0.2, 0.25) is 5.89 Å². The number of nitrogens with one attached hydrogen (secondary N) is 1. The van der Waals surface area contributed by atoms with Crippen molar-refractivity contribution in [2.24, 2.45) is 0 Å². The van der Waals surface area contributed by atoms with Crippen molar-refractivity contribution in [1.29, 1.82) is 0 Å². The first-order chi connectivity index (χ1) is 11.7. The Labute approximate surface area is 155 Å². The van der Waals surface area contributed by atoms with E-state index in [-0.39, 0.29) is 0 Å². The molecule has 0 spiro atoms. The molecule has 0 fully saturated rings. The standard InChI is InChI=1S/C17H11BrClN3OS/c18-13-4-2-1-3-12(13)16-22-14-7-10(5-6-15(14)23-16)20-8-11-9-21-17(19)24-11/h1-7,9,20H,8H2. The second-order valence-corrected chi connectivity index (χ2v) is 7.67. The molecule has 0 aliphatic heterocycles. The highest BCUT2D eigenvalue weighted by atomic mass is 79.9. The lowest BCUT2D eigenvalue weighted by Gasteiger charge is -2.03. The van der Waals surface area contributed by atoms with Crippen LogP contribution in [0, 0.1) is 0 Å². The van der Waals surface area contributed by atoms with Crippen LogP contribution in [0.15, 0.2) is 57.6 Å². The molecule has 0 radical (unpaired) electrons. The van der Waals surface area contributed by atoms with E-state index in [0.717, 1.165) is 31.7 Å². The highest BCUT2D eigenvalue weighted by Crippen LogP contribution is 2.31. The van der Waals surface area contributed by atoms with E-state index >= 15 is 0 Å². The Balaban J connectivity index is 1.60. The van der Waals surface area contributed by atoms with Crippen molar-refractivity contribution in [1.82, 2.24) is 9.97 Å². The van der Waals surface area contributed by atoms with Crippen LogP contribution in [0.4, 0.5) is 5.69 Å². The Hall–Kier alpha value is -1.89. The molecule has 2 aromatic heterocycles. The van der Waals surface area contributed by atoms with Crippen molar-refractivity contribution >= 4 is 55.7 Å². The zero-order chi connectivity index (χ0) is 16.5. The number of hydrogen-bond donors (Lipinski definition) is 1. The third-order valence-electron chi connectivity index (χ3n) is 3.48. The summed E-state index contributed by atoms with van der Waals surface area (Å²) >= 11 is 10.8. The van der Waals surface area contributed by atoms with Gasteiger partial charge in [-0.2, -0.15) is 0 Å². The Bertz CT molecular complexity index is 1010. The van der Waals surface area contributed by atoms with E-state index in [9.17, 15) is 0 Å². The number of aromatic nitrogens is 2. The largest absolute Gasteiger partial charge is 0.436 e. The summed E-state index contributed by atoms with van der Waals surface area (Å²) < 4.78 is 7.37. The number of halogens is 2. The van der Waals surface area contributed by atoms with Gasteiger partial charge in [-0.3, -0.25) is 0 Å². The maximum atomic E-state index is 5.86. The average molecular weight is 421 g/mol. The molecule has 4 nitrogen and oxygen atoms in total. The van der Waals surface area contributed by atoms with Crippen LogP contribution in [0.5, 0.6) is 0 Å². The van der Waals surface area contributed by atoms with Gasteiger partial charge in [0.15, 0.2) is 10.0 Å². The van der Waals surface area contributed by atoms with Crippen LogP contribution >= 0.6 is 38.9 Å². The molecule has 0 aliphatic carbocycles. The van der Waals surface area contributed by atoms with Gasteiger partial charge < -0.3 is 9.73 Å². The molecule has 7 heteroatoms. The Morgan fingerprint density at radius 2 is 2.08 bits per heavy atom. The molecule has 120 valence electrons. The maximum Gasteiger partial charge on any atom is 0.228 e.